The molecule has 2 saturated heterocycles. The van der Waals surface area contributed by atoms with Crippen LogP contribution in [0.3, 0.4) is 0 Å². The van der Waals surface area contributed by atoms with Gasteiger partial charge in [0.15, 0.2) is 5.96 Å². The summed E-state index contributed by atoms with van der Waals surface area (Å²) in [6.45, 7) is 6.34. The van der Waals surface area contributed by atoms with Crippen LogP contribution in [0.4, 0.5) is 0 Å². The highest BCUT2D eigenvalue weighted by Gasteiger charge is 2.24. The fourth-order valence-corrected chi connectivity index (χ4v) is 3.59. The molecular formula is C15H30N6O3S. The number of piperazine rings is 1. The Kier molecular flexibility index (Phi) is 7.45. The van der Waals surface area contributed by atoms with E-state index in [0.29, 0.717) is 19.6 Å². The number of likely N-dealkylation sites (tertiary alicyclic amines) is 1. The van der Waals surface area contributed by atoms with Crippen LogP contribution in [0.25, 0.3) is 0 Å². The quantitative estimate of drug-likeness (QED) is 0.329. The Morgan fingerprint density at radius 1 is 1.00 bits per heavy atom. The average Bonchev–Trinajstić information content (AvgIpc) is 3.10. The van der Waals surface area contributed by atoms with Crippen LogP contribution in [0.1, 0.15) is 12.8 Å². The highest BCUT2D eigenvalue weighted by molar-refractivity contribution is 7.88. The van der Waals surface area contributed by atoms with Crippen molar-refractivity contribution in [1.29, 1.82) is 0 Å². The third-order valence-corrected chi connectivity index (χ3v) is 5.20. The fourth-order valence-electron chi connectivity index (χ4n) is 3.12. The molecule has 0 bridgehead atoms. The van der Waals surface area contributed by atoms with Crippen molar-refractivity contribution >= 4 is 21.9 Å². The van der Waals surface area contributed by atoms with Gasteiger partial charge in [0.25, 0.3) is 0 Å². The molecule has 1 amide bonds. The maximum atomic E-state index is 12.2. The van der Waals surface area contributed by atoms with Gasteiger partial charge in [-0.25, -0.2) is 13.1 Å². The van der Waals surface area contributed by atoms with Gasteiger partial charge in [0, 0.05) is 59.4 Å². The number of sulfonamides is 1. The van der Waals surface area contributed by atoms with Crippen LogP contribution in [0.5, 0.6) is 0 Å². The predicted molar refractivity (Wildman–Crippen MR) is 98.0 cm³/mol. The number of carbonyl (C=O) groups excluding carboxylic acids is 1. The van der Waals surface area contributed by atoms with E-state index in [1.807, 2.05) is 4.90 Å². The van der Waals surface area contributed by atoms with Crippen molar-refractivity contribution < 1.29 is 13.2 Å². The molecule has 0 aromatic heterocycles. The lowest BCUT2D eigenvalue weighted by atomic mass is 10.3. The number of hydrogen-bond acceptors (Lipinski definition) is 5. The summed E-state index contributed by atoms with van der Waals surface area (Å²) in [4.78, 5) is 22.8. The molecule has 0 saturated carbocycles. The SMILES string of the molecule is CN=C(NCCNS(C)(=O)=O)N1CCN(CC(=O)N2CCCC2)CC1. The first-order chi connectivity index (χ1) is 11.9. The molecule has 0 aromatic rings. The van der Waals surface area contributed by atoms with Crippen molar-refractivity contribution in [1.82, 2.24) is 24.7 Å². The van der Waals surface area contributed by atoms with Crippen molar-refractivity contribution in [3.05, 3.63) is 0 Å². The minimum Gasteiger partial charge on any atom is -0.355 e. The molecule has 2 heterocycles. The van der Waals surface area contributed by atoms with Crippen LogP contribution in [-0.2, 0) is 14.8 Å². The minimum atomic E-state index is -3.17. The number of aliphatic imine (C=N–C) groups is 1. The maximum Gasteiger partial charge on any atom is 0.236 e. The number of nitrogens with one attached hydrogen (secondary N) is 2. The van der Waals surface area contributed by atoms with E-state index in [4.69, 9.17) is 0 Å². The summed E-state index contributed by atoms with van der Waals surface area (Å²) in [5.74, 6) is 1.00. The molecule has 25 heavy (non-hydrogen) atoms. The monoisotopic (exact) mass is 374 g/mol. The predicted octanol–water partition coefficient (Wildman–Crippen LogP) is -1.65. The van der Waals surface area contributed by atoms with Crippen LogP contribution in [0.2, 0.25) is 0 Å². The Bertz CT molecular complexity index is 566. The van der Waals surface area contributed by atoms with Gasteiger partial charge in [0.1, 0.15) is 0 Å². The molecule has 2 rings (SSSR count). The van der Waals surface area contributed by atoms with E-state index in [1.165, 1.54) is 0 Å². The normalized spacial score (nSPS) is 20.2. The summed E-state index contributed by atoms with van der Waals surface area (Å²) in [5.41, 5.74) is 0. The third kappa shape index (κ3) is 6.79. The topological polar surface area (TPSA) is 97.3 Å². The van der Waals surface area contributed by atoms with Crippen molar-refractivity contribution in [2.24, 2.45) is 4.99 Å². The minimum absolute atomic E-state index is 0.236. The Balaban J connectivity index is 1.69. The van der Waals surface area contributed by atoms with Crippen molar-refractivity contribution in [3.63, 3.8) is 0 Å². The zero-order valence-corrected chi connectivity index (χ0v) is 16.0. The summed E-state index contributed by atoms with van der Waals surface area (Å²) in [7, 11) is -1.45. The first kappa shape index (κ1) is 19.9. The van der Waals surface area contributed by atoms with Crippen LogP contribution < -0.4 is 10.0 Å². The van der Waals surface area contributed by atoms with Crippen molar-refractivity contribution in [3.8, 4) is 0 Å². The zero-order chi connectivity index (χ0) is 18.3. The lowest BCUT2D eigenvalue weighted by Gasteiger charge is -2.36. The molecule has 0 aliphatic carbocycles. The third-order valence-electron chi connectivity index (χ3n) is 4.47. The fraction of sp³-hybridized carbons (Fsp3) is 0.867. The molecule has 2 aliphatic heterocycles. The van der Waals surface area contributed by atoms with Gasteiger partial charge in [-0.05, 0) is 12.8 Å². The van der Waals surface area contributed by atoms with E-state index in [2.05, 4.69) is 24.8 Å². The Hall–Kier alpha value is -1.39. The second-order valence-electron chi connectivity index (χ2n) is 6.49. The summed E-state index contributed by atoms with van der Waals surface area (Å²) in [6.07, 6.45) is 3.38. The largest absolute Gasteiger partial charge is 0.355 e. The van der Waals surface area contributed by atoms with Crippen LogP contribution in [0.15, 0.2) is 4.99 Å². The highest BCUT2D eigenvalue weighted by atomic mass is 32.2. The van der Waals surface area contributed by atoms with Gasteiger partial charge in [-0.3, -0.25) is 14.7 Å². The van der Waals surface area contributed by atoms with Gasteiger partial charge in [-0.15, -0.1) is 0 Å². The van der Waals surface area contributed by atoms with Gasteiger partial charge in [-0.2, -0.15) is 0 Å². The Labute approximate surface area is 150 Å². The molecule has 144 valence electrons. The van der Waals surface area contributed by atoms with E-state index in [9.17, 15) is 13.2 Å². The number of guanidine groups is 1. The molecule has 0 atom stereocenters. The highest BCUT2D eigenvalue weighted by Crippen LogP contribution is 2.09. The Morgan fingerprint density at radius 3 is 2.20 bits per heavy atom. The number of amides is 1. The average molecular weight is 375 g/mol. The number of hydrogen-bond donors (Lipinski definition) is 2. The molecule has 0 spiro atoms. The number of nitrogens with zero attached hydrogens (tertiary/aromatic N) is 4. The van der Waals surface area contributed by atoms with Gasteiger partial charge in [0.2, 0.25) is 15.9 Å². The van der Waals surface area contributed by atoms with Crippen LogP contribution >= 0.6 is 0 Å². The maximum absolute atomic E-state index is 12.2. The lowest BCUT2D eigenvalue weighted by molar-refractivity contribution is -0.131. The summed E-state index contributed by atoms with van der Waals surface area (Å²) in [5, 5.41) is 3.17. The van der Waals surface area contributed by atoms with Gasteiger partial charge in [-0.1, -0.05) is 0 Å². The molecular weight excluding hydrogens is 344 g/mol. The van der Waals surface area contributed by atoms with Gasteiger partial charge in [0.05, 0.1) is 12.8 Å². The van der Waals surface area contributed by atoms with Crippen LogP contribution in [-0.4, -0.2) is 107 Å². The number of carbonyl (C=O) groups is 1. The molecule has 2 fully saturated rings. The Morgan fingerprint density at radius 2 is 1.64 bits per heavy atom. The summed E-state index contributed by atoms with van der Waals surface area (Å²) < 4.78 is 24.5. The van der Waals surface area contributed by atoms with E-state index in [0.717, 1.165) is 64.3 Å². The molecule has 0 radical (unpaired) electrons. The van der Waals surface area contributed by atoms with Crippen molar-refractivity contribution in [2.45, 2.75) is 12.8 Å². The summed E-state index contributed by atoms with van der Waals surface area (Å²) >= 11 is 0. The first-order valence-corrected chi connectivity index (χ1v) is 10.7. The summed E-state index contributed by atoms with van der Waals surface area (Å²) in [6, 6.07) is 0. The van der Waals surface area contributed by atoms with E-state index in [1.54, 1.807) is 7.05 Å². The second kappa shape index (κ2) is 9.35. The smallest absolute Gasteiger partial charge is 0.236 e. The van der Waals surface area contributed by atoms with Gasteiger partial charge >= 0.3 is 0 Å². The molecule has 2 N–H and O–H groups in total. The molecule has 0 unspecified atom stereocenters. The van der Waals surface area contributed by atoms with Crippen molar-refractivity contribution in [2.75, 3.05) is 72.2 Å². The molecule has 9 nitrogen and oxygen atoms in total. The van der Waals surface area contributed by atoms with E-state index in [-0.39, 0.29) is 5.91 Å². The van der Waals surface area contributed by atoms with Gasteiger partial charge < -0.3 is 15.1 Å². The van der Waals surface area contributed by atoms with E-state index < -0.39 is 10.0 Å². The van der Waals surface area contributed by atoms with E-state index >= 15 is 0 Å². The molecule has 10 heteroatoms. The first-order valence-electron chi connectivity index (χ1n) is 8.79. The molecule has 0 aromatic carbocycles. The molecule has 2 aliphatic rings. The van der Waals surface area contributed by atoms with Crippen LogP contribution in [0, 0.1) is 0 Å². The standard InChI is InChI=1S/C15H30N6O3S/c1-16-15(17-5-6-18-25(2,23)24)21-11-9-19(10-12-21)13-14(22)20-7-3-4-8-20/h18H,3-13H2,1-2H3,(H,16,17). The second-order valence-corrected chi connectivity index (χ2v) is 8.32. The lowest BCUT2D eigenvalue weighted by Crippen LogP contribution is -2.54. The zero-order valence-electron chi connectivity index (χ0n) is 15.2. The number of rotatable bonds is 6.